The van der Waals surface area contributed by atoms with Crippen molar-refractivity contribution in [1.29, 1.82) is 0 Å². The predicted molar refractivity (Wildman–Crippen MR) is 117 cm³/mol. The summed E-state index contributed by atoms with van der Waals surface area (Å²) in [6, 6.07) is 14.8. The van der Waals surface area contributed by atoms with Crippen LogP contribution in [0.2, 0.25) is 0 Å². The first-order chi connectivity index (χ1) is 14.3. The lowest BCUT2D eigenvalue weighted by molar-refractivity contribution is -0.129. The number of nitrogens with two attached hydrogens (primary N) is 1. The van der Waals surface area contributed by atoms with Gasteiger partial charge in [-0.1, -0.05) is 72.2 Å². The molecule has 7 nitrogen and oxygen atoms in total. The number of nitrogens with one attached hydrogen (secondary N) is 2. The van der Waals surface area contributed by atoms with Gasteiger partial charge in [0.2, 0.25) is 11.8 Å². The van der Waals surface area contributed by atoms with Crippen LogP contribution in [-0.4, -0.2) is 30.0 Å². The third-order valence-electron chi connectivity index (χ3n) is 4.45. The van der Waals surface area contributed by atoms with Crippen molar-refractivity contribution in [2.45, 2.75) is 39.0 Å². The van der Waals surface area contributed by atoms with E-state index in [9.17, 15) is 14.4 Å². The van der Waals surface area contributed by atoms with Crippen LogP contribution in [0, 0.1) is 5.92 Å². The van der Waals surface area contributed by atoms with E-state index in [0.717, 1.165) is 15.6 Å². The Morgan fingerprint density at radius 1 is 0.967 bits per heavy atom. The van der Waals surface area contributed by atoms with Gasteiger partial charge in [0.05, 0.1) is 0 Å². The van der Waals surface area contributed by atoms with Gasteiger partial charge in [-0.05, 0) is 29.2 Å². The quantitative estimate of drug-likeness (QED) is 0.517. The second-order valence-corrected chi connectivity index (χ2v) is 8.14. The highest BCUT2D eigenvalue weighted by molar-refractivity contribution is 9.10. The van der Waals surface area contributed by atoms with Gasteiger partial charge in [0.25, 0.3) is 0 Å². The van der Waals surface area contributed by atoms with E-state index in [4.69, 9.17) is 10.5 Å². The van der Waals surface area contributed by atoms with E-state index in [-0.39, 0.29) is 18.9 Å². The number of hydrogen-bond acceptors (Lipinski definition) is 4. The molecule has 0 bridgehead atoms. The molecule has 2 aromatic rings. The number of carbonyl (C=O) groups is 3. The van der Waals surface area contributed by atoms with E-state index in [1.165, 1.54) is 0 Å². The molecule has 2 aromatic carbocycles. The summed E-state index contributed by atoms with van der Waals surface area (Å²) in [5.74, 6) is -1.38. The van der Waals surface area contributed by atoms with Gasteiger partial charge >= 0.3 is 6.09 Å². The summed E-state index contributed by atoms with van der Waals surface area (Å²) >= 11 is 3.35. The fraction of sp³-hybridized carbons (Fsp3) is 0.318. The van der Waals surface area contributed by atoms with Crippen molar-refractivity contribution >= 4 is 33.8 Å². The molecule has 0 saturated carbocycles. The number of amides is 3. The molecule has 2 rings (SSSR count). The SMILES string of the molecule is CC(C)[C@H](NC(=O)OCc1ccccc1)C(=O)N[C@@H](Cc1ccc(Br)cc1)C(N)=O. The van der Waals surface area contributed by atoms with Gasteiger partial charge < -0.3 is 21.1 Å². The third kappa shape index (κ3) is 7.51. The zero-order valence-corrected chi connectivity index (χ0v) is 18.5. The third-order valence-corrected chi connectivity index (χ3v) is 4.98. The minimum absolute atomic E-state index is 0.0899. The van der Waals surface area contributed by atoms with Gasteiger partial charge in [-0.3, -0.25) is 9.59 Å². The first kappa shape index (κ1) is 23.4. The molecule has 0 saturated heterocycles. The maximum atomic E-state index is 12.8. The second kappa shape index (κ2) is 11.3. The van der Waals surface area contributed by atoms with Crippen LogP contribution in [0.4, 0.5) is 4.79 Å². The van der Waals surface area contributed by atoms with Gasteiger partial charge in [0.15, 0.2) is 0 Å². The highest BCUT2D eigenvalue weighted by Gasteiger charge is 2.28. The van der Waals surface area contributed by atoms with Crippen molar-refractivity contribution in [3.63, 3.8) is 0 Å². The van der Waals surface area contributed by atoms with Crippen LogP contribution in [0.1, 0.15) is 25.0 Å². The van der Waals surface area contributed by atoms with Crippen LogP contribution < -0.4 is 16.4 Å². The van der Waals surface area contributed by atoms with Crippen LogP contribution in [0.25, 0.3) is 0 Å². The maximum absolute atomic E-state index is 12.8. The second-order valence-electron chi connectivity index (χ2n) is 7.22. The largest absolute Gasteiger partial charge is 0.445 e. The number of benzene rings is 2. The van der Waals surface area contributed by atoms with Gasteiger partial charge in [0.1, 0.15) is 18.7 Å². The predicted octanol–water partition coefficient (Wildman–Crippen LogP) is 2.91. The van der Waals surface area contributed by atoms with Crippen molar-refractivity contribution < 1.29 is 19.1 Å². The molecule has 160 valence electrons. The molecule has 0 spiro atoms. The molecule has 0 aliphatic carbocycles. The summed E-state index contributed by atoms with van der Waals surface area (Å²) in [4.78, 5) is 36.8. The fourth-order valence-corrected chi connectivity index (χ4v) is 3.03. The average molecular weight is 476 g/mol. The Labute approximate surface area is 184 Å². The summed E-state index contributed by atoms with van der Waals surface area (Å²) in [5.41, 5.74) is 7.16. The van der Waals surface area contributed by atoms with E-state index < -0.39 is 30.0 Å². The highest BCUT2D eigenvalue weighted by Crippen LogP contribution is 2.12. The lowest BCUT2D eigenvalue weighted by Gasteiger charge is -2.24. The maximum Gasteiger partial charge on any atom is 0.408 e. The number of carbonyl (C=O) groups excluding carboxylic acids is 3. The monoisotopic (exact) mass is 475 g/mol. The van der Waals surface area contributed by atoms with Gasteiger partial charge in [-0.2, -0.15) is 0 Å². The Hall–Kier alpha value is -2.87. The molecule has 3 amide bonds. The lowest BCUT2D eigenvalue weighted by Crippen LogP contribution is -2.55. The number of hydrogen-bond donors (Lipinski definition) is 3. The number of rotatable bonds is 9. The number of ether oxygens (including phenoxy) is 1. The van der Waals surface area contributed by atoms with Gasteiger partial charge in [0, 0.05) is 10.9 Å². The molecule has 0 aliphatic heterocycles. The summed E-state index contributed by atoms with van der Waals surface area (Å²) in [6.07, 6.45) is -0.464. The molecule has 0 radical (unpaired) electrons. The van der Waals surface area contributed by atoms with Crippen molar-refractivity contribution in [3.8, 4) is 0 Å². The standard InChI is InChI=1S/C22H26BrN3O4/c1-14(2)19(26-22(29)30-13-16-6-4-3-5-7-16)21(28)25-18(20(24)27)12-15-8-10-17(23)11-9-15/h3-11,14,18-19H,12-13H2,1-2H3,(H2,24,27)(H,25,28)(H,26,29)/t18-,19-/m0/s1. The molecular formula is C22H26BrN3O4. The molecule has 30 heavy (non-hydrogen) atoms. The summed E-state index contributed by atoms with van der Waals surface area (Å²) in [5, 5.41) is 5.22. The Bertz CT molecular complexity index is 856. The molecule has 0 unspecified atom stereocenters. The minimum atomic E-state index is -0.901. The zero-order chi connectivity index (χ0) is 22.1. The molecule has 0 heterocycles. The van der Waals surface area contributed by atoms with Crippen molar-refractivity contribution in [2.24, 2.45) is 11.7 Å². The first-order valence-electron chi connectivity index (χ1n) is 9.57. The Kier molecular flexibility index (Phi) is 8.86. The fourth-order valence-electron chi connectivity index (χ4n) is 2.77. The average Bonchev–Trinajstić information content (AvgIpc) is 2.71. The van der Waals surface area contributed by atoms with E-state index in [1.54, 1.807) is 13.8 Å². The van der Waals surface area contributed by atoms with Crippen molar-refractivity contribution in [2.75, 3.05) is 0 Å². The Balaban J connectivity index is 1.97. The van der Waals surface area contributed by atoms with Gasteiger partial charge in [-0.15, -0.1) is 0 Å². The normalized spacial score (nSPS) is 12.7. The van der Waals surface area contributed by atoms with E-state index in [2.05, 4.69) is 26.6 Å². The Morgan fingerprint density at radius 3 is 2.17 bits per heavy atom. The lowest BCUT2D eigenvalue weighted by atomic mass is 10.0. The zero-order valence-electron chi connectivity index (χ0n) is 16.9. The Morgan fingerprint density at radius 2 is 1.60 bits per heavy atom. The summed E-state index contributed by atoms with van der Waals surface area (Å²) in [6.45, 7) is 3.66. The first-order valence-corrected chi connectivity index (χ1v) is 10.4. The molecular weight excluding hydrogens is 450 g/mol. The van der Waals surface area contributed by atoms with Gasteiger partial charge in [-0.25, -0.2) is 4.79 Å². The number of primary amides is 1. The molecule has 8 heteroatoms. The number of alkyl carbamates (subject to hydrolysis) is 1. The smallest absolute Gasteiger partial charge is 0.408 e. The molecule has 0 aliphatic rings. The van der Waals surface area contributed by atoms with Crippen molar-refractivity contribution in [1.82, 2.24) is 10.6 Å². The summed E-state index contributed by atoms with van der Waals surface area (Å²) < 4.78 is 6.10. The topological polar surface area (TPSA) is 111 Å². The summed E-state index contributed by atoms with van der Waals surface area (Å²) in [7, 11) is 0. The molecule has 2 atom stereocenters. The highest BCUT2D eigenvalue weighted by atomic mass is 79.9. The van der Waals surface area contributed by atoms with Crippen LogP contribution in [-0.2, 0) is 27.4 Å². The van der Waals surface area contributed by atoms with Crippen LogP contribution in [0.3, 0.4) is 0 Å². The van der Waals surface area contributed by atoms with Crippen LogP contribution in [0.5, 0.6) is 0 Å². The van der Waals surface area contributed by atoms with E-state index in [0.29, 0.717) is 0 Å². The van der Waals surface area contributed by atoms with Crippen molar-refractivity contribution in [3.05, 3.63) is 70.2 Å². The molecule has 0 fully saturated rings. The van der Waals surface area contributed by atoms with E-state index in [1.807, 2.05) is 54.6 Å². The number of halogens is 1. The van der Waals surface area contributed by atoms with Crippen LogP contribution >= 0.6 is 15.9 Å². The van der Waals surface area contributed by atoms with Crippen LogP contribution in [0.15, 0.2) is 59.1 Å². The van der Waals surface area contributed by atoms with E-state index >= 15 is 0 Å². The molecule has 4 N–H and O–H groups in total. The minimum Gasteiger partial charge on any atom is -0.445 e. The molecule has 0 aromatic heterocycles.